The van der Waals surface area contributed by atoms with Crippen molar-refractivity contribution in [2.24, 2.45) is 10.7 Å². The Balaban J connectivity index is 0.00000341. The number of rotatable bonds is 7. The lowest BCUT2D eigenvalue weighted by atomic mass is 10.1. The van der Waals surface area contributed by atoms with Crippen molar-refractivity contribution in [2.75, 3.05) is 26.0 Å². The third-order valence-electron chi connectivity index (χ3n) is 4.35. The zero-order valence-electron chi connectivity index (χ0n) is 17.6. The highest BCUT2D eigenvalue weighted by Gasteiger charge is 2.08. The Morgan fingerprint density at radius 1 is 0.968 bits per heavy atom. The van der Waals surface area contributed by atoms with E-state index in [9.17, 15) is 4.79 Å². The first-order chi connectivity index (χ1) is 14.5. The number of ether oxygens (including phenoxy) is 1. The molecule has 6 nitrogen and oxygen atoms in total. The molecule has 0 aliphatic carbocycles. The highest BCUT2D eigenvalue weighted by Crippen LogP contribution is 2.23. The summed E-state index contributed by atoms with van der Waals surface area (Å²) in [5.41, 5.74) is 8.53. The number of halogens is 1. The predicted octanol–water partition coefficient (Wildman–Crippen LogP) is 4.77. The number of nitrogens with two attached hydrogens (primary N) is 1. The molecule has 0 aliphatic rings. The van der Waals surface area contributed by atoms with Gasteiger partial charge in [-0.3, -0.25) is 9.79 Å². The SMILES string of the molecule is CN(C)C(=O)c1cccc(CCN=C(N)Nc2cccc(Oc3ccccc3)c2)c1.I. The summed E-state index contributed by atoms with van der Waals surface area (Å²) >= 11 is 0. The molecule has 162 valence electrons. The van der Waals surface area contributed by atoms with E-state index in [1.807, 2.05) is 78.9 Å². The summed E-state index contributed by atoms with van der Waals surface area (Å²) in [5.74, 6) is 1.79. The minimum Gasteiger partial charge on any atom is -0.457 e. The van der Waals surface area contributed by atoms with Gasteiger partial charge in [-0.1, -0.05) is 36.4 Å². The van der Waals surface area contributed by atoms with Gasteiger partial charge in [0.1, 0.15) is 11.5 Å². The maximum atomic E-state index is 12.1. The molecule has 0 atom stereocenters. The number of carbonyl (C=O) groups is 1. The normalized spacial score (nSPS) is 10.7. The number of carbonyl (C=O) groups excluding carboxylic acids is 1. The number of hydrogen-bond acceptors (Lipinski definition) is 3. The van der Waals surface area contributed by atoms with Crippen LogP contribution in [-0.2, 0) is 6.42 Å². The first-order valence-electron chi connectivity index (χ1n) is 9.72. The van der Waals surface area contributed by atoms with Gasteiger partial charge in [-0.2, -0.15) is 0 Å². The van der Waals surface area contributed by atoms with Crippen molar-refractivity contribution in [2.45, 2.75) is 6.42 Å². The van der Waals surface area contributed by atoms with Gasteiger partial charge < -0.3 is 20.7 Å². The number of benzene rings is 3. The maximum Gasteiger partial charge on any atom is 0.253 e. The van der Waals surface area contributed by atoms with Crippen LogP contribution in [0.3, 0.4) is 0 Å². The Kier molecular flexibility index (Phi) is 9.33. The molecule has 0 saturated heterocycles. The summed E-state index contributed by atoms with van der Waals surface area (Å²) in [6.07, 6.45) is 0.689. The van der Waals surface area contributed by atoms with Crippen molar-refractivity contribution in [3.05, 3.63) is 90.0 Å². The fraction of sp³-hybridized carbons (Fsp3) is 0.167. The van der Waals surface area contributed by atoms with Crippen LogP contribution >= 0.6 is 24.0 Å². The number of para-hydroxylation sites is 1. The van der Waals surface area contributed by atoms with Gasteiger partial charge in [0, 0.05) is 38.0 Å². The summed E-state index contributed by atoms with van der Waals surface area (Å²) < 4.78 is 5.84. The Hall–Kier alpha value is -3.07. The van der Waals surface area contributed by atoms with Crippen LogP contribution in [0, 0.1) is 0 Å². The number of amides is 1. The molecule has 31 heavy (non-hydrogen) atoms. The van der Waals surface area contributed by atoms with Crippen molar-refractivity contribution >= 4 is 41.5 Å². The topological polar surface area (TPSA) is 80.0 Å². The van der Waals surface area contributed by atoms with E-state index >= 15 is 0 Å². The minimum atomic E-state index is -0.0147. The zero-order valence-corrected chi connectivity index (χ0v) is 19.9. The molecule has 0 unspecified atom stereocenters. The Bertz CT molecular complexity index is 1020. The molecule has 0 spiro atoms. The van der Waals surface area contributed by atoms with Crippen LogP contribution in [0.15, 0.2) is 83.9 Å². The van der Waals surface area contributed by atoms with Gasteiger partial charge in [-0.15, -0.1) is 24.0 Å². The van der Waals surface area contributed by atoms with Gasteiger partial charge in [0.15, 0.2) is 5.96 Å². The molecule has 0 bridgehead atoms. The molecule has 0 aromatic heterocycles. The molecule has 0 radical (unpaired) electrons. The second kappa shape index (κ2) is 11.9. The summed E-state index contributed by atoms with van der Waals surface area (Å²) in [7, 11) is 3.48. The number of aliphatic imine (C=N–C) groups is 1. The lowest BCUT2D eigenvalue weighted by Crippen LogP contribution is -2.23. The molecular formula is C24H27IN4O2. The predicted molar refractivity (Wildman–Crippen MR) is 137 cm³/mol. The van der Waals surface area contributed by atoms with Crippen LogP contribution in [-0.4, -0.2) is 37.4 Å². The number of nitrogens with zero attached hydrogens (tertiary/aromatic N) is 2. The first-order valence-corrected chi connectivity index (χ1v) is 9.72. The van der Waals surface area contributed by atoms with Gasteiger partial charge in [-0.05, 0) is 48.4 Å². The van der Waals surface area contributed by atoms with E-state index in [-0.39, 0.29) is 29.9 Å². The van der Waals surface area contributed by atoms with E-state index in [0.717, 1.165) is 17.0 Å². The van der Waals surface area contributed by atoms with Crippen LogP contribution < -0.4 is 15.8 Å². The number of nitrogens with one attached hydrogen (secondary N) is 1. The Morgan fingerprint density at radius 3 is 2.42 bits per heavy atom. The highest BCUT2D eigenvalue weighted by atomic mass is 127. The minimum absolute atomic E-state index is 0. The summed E-state index contributed by atoms with van der Waals surface area (Å²) in [6, 6.07) is 24.7. The Labute approximate surface area is 200 Å². The highest BCUT2D eigenvalue weighted by molar-refractivity contribution is 14.0. The summed E-state index contributed by atoms with van der Waals surface area (Å²) in [5, 5.41) is 3.09. The van der Waals surface area contributed by atoms with Gasteiger partial charge in [-0.25, -0.2) is 0 Å². The third-order valence-corrected chi connectivity index (χ3v) is 4.35. The van der Waals surface area contributed by atoms with Gasteiger partial charge in [0.2, 0.25) is 0 Å². The van der Waals surface area contributed by atoms with Gasteiger partial charge >= 0.3 is 0 Å². The summed E-state index contributed by atoms with van der Waals surface area (Å²) in [4.78, 5) is 18.0. The molecule has 3 rings (SSSR count). The molecule has 7 heteroatoms. The van der Waals surface area contributed by atoms with E-state index in [4.69, 9.17) is 10.5 Å². The molecule has 0 heterocycles. The molecule has 0 fully saturated rings. The van der Waals surface area contributed by atoms with E-state index < -0.39 is 0 Å². The average molecular weight is 530 g/mol. The van der Waals surface area contributed by atoms with Gasteiger partial charge in [0.05, 0.1) is 0 Å². The van der Waals surface area contributed by atoms with Crippen LogP contribution in [0.2, 0.25) is 0 Å². The second-order valence-corrected chi connectivity index (χ2v) is 6.98. The Morgan fingerprint density at radius 2 is 1.68 bits per heavy atom. The fourth-order valence-electron chi connectivity index (χ4n) is 2.87. The summed E-state index contributed by atoms with van der Waals surface area (Å²) in [6.45, 7) is 0.513. The maximum absolute atomic E-state index is 12.1. The van der Waals surface area contributed by atoms with Crippen molar-refractivity contribution in [3.8, 4) is 11.5 Å². The fourth-order valence-corrected chi connectivity index (χ4v) is 2.87. The molecule has 0 saturated carbocycles. The van der Waals surface area contributed by atoms with Crippen LogP contribution in [0.1, 0.15) is 15.9 Å². The lowest BCUT2D eigenvalue weighted by molar-refractivity contribution is 0.0827. The van der Waals surface area contributed by atoms with Crippen LogP contribution in [0.5, 0.6) is 11.5 Å². The monoisotopic (exact) mass is 530 g/mol. The lowest BCUT2D eigenvalue weighted by Gasteiger charge is -2.11. The van der Waals surface area contributed by atoms with E-state index in [0.29, 0.717) is 30.2 Å². The molecule has 0 aliphatic heterocycles. The largest absolute Gasteiger partial charge is 0.457 e. The second-order valence-electron chi connectivity index (χ2n) is 6.98. The number of guanidine groups is 1. The number of hydrogen-bond donors (Lipinski definition) is 2. The molecule has 3 N–H and O–H groups in total. The van der Waals surface area contributed by atoms with Crippen LogP contribution in [0.4, 0.5) is 5.69 Å². The molecule has 1 amide bonds. The van der Waals surface area contributed by atoms with Crippen molar-refractivity contribution in [3.63, 3.8) is 0 Å². The van der Waals surface area contributed by atoms with Gasteiger partial charge in [0.25, 0.3) is 5.91 Å². The first kappa shape index (κ1) is 24.2. The number of anilines is 1. The van der Waals surface area contributed by atoms with E-state index in [1.54, 1.807) is 19.0 Å². The zero-order chi connectivity index (χ0) is 21.3. The van der Waals surface area contributed by atoms with Crippen molar-refractivity contribution in [1.29, 1.82) is 0 Å². The molecule has 3 aromatic carbocycles. The smallest absolute Gasteiger partial charge is 0.253 e. The van der Waals surface area contributed by atoms with Crippen molar-refractivity contribution < 1.29 is 9.53 Å². The standard InChI is InChI=1S/C24H26N4O2.HI/c1-28(2)23(29)19-9-6-8-18(16-19)14-15-26-24(25)27-20-10-7-13-22(17-20)30-21-11-4-3-5-12-21;/h3-13,16-17H,14-15H2,1-2H3,(H3,25,26,27);1H. The van der Waals surface area contributed by atoms with Crippen LogP contribution in [0.25, 0.3) is 0 Å². The molecule has 3 aromatic rings. The average Bonchev–Trinajstić information content (AvgIpc) is 2.74. The van der Waals surface area contributed by atoms with E-state index in [2.05, 4.69) is 10.3 Å². The van der Waals surface area contributed by atoms with E-state index in [1.165, 1.54) is 0 Å². The third kappa shape index (κ3) is 7.60. The van der Waals surface area contributed by atoms with Crippen molar-refractivity contribution in [1.82, 2.24) is 4.90 Å². The molecular weight excluding hydrogens is 503 g/mol. The quantitative estimate of drug-likeness (QED) is 0.262.